The lowest BCUT2D eigenvalue weighted by Crippen LogP contribution is -2.15. The Morgan fingerprint density at radius 2 is 1.30 bits per heavy atom. The third-order valence-corrected chi connectivity index (χ3v) is 4.61. The van der Waals surface area contributed by atoms with Crippen molar-refractivity contribution in [1.29, 1.82) is 0 Å². The first-order valence-corrected chi connectivity index (χ1v) is 7.67. The molecule has 0 fully saturated rings. The monoisotopic (exact) mass is 375 g/mol. The Morgan fingerprint density at radius 3 is 1.70 bits per heavy atom. The van der Waals surface area contributed by atoms with Gasteiger partial charge in [0.25, 0.3) is 0 Å². The van der Waals surface area contributed by atoms with Crippen LogP contribution in [0.2, 0.25) is 0 Å². The minimum Gasteiger partial charge on any atom is -0.313 e. The minimum absolute atomic E-state index is 0.248. The Hall–Kier alpha value is -1.62. The summed E-state index contributed by atoms with van der Waals surface area (Å²) in [5.74, 6) is 0.248. The van der Waals surface area contributed by atoms with Crippen molar-refractivity contribution in [3.8, 4) is 0 Å². The van der Waals surface area contributed by atoms with Crippen molar-refractivity contribution < 1.29 is 4.79 Å². The van der Waals surface area contributed by atoms with Crippen molar-refractivity contribution in [2.75, 3.05) is 4.90 Å². The number of rotatable bonds is 3. The zero-order chi connectivity index (χ0) is 13.9. The fourth-order valence-corrected chi connectivity index (χ4v) is 3.22. The number of para-hydroxylation sites is 2. The summed E-state index contributed by atoms with van der Waals surface area (Å²) in [7, 11) is 0. The number of hydrogen-bond acceptors (Lipinski definition) is 2. The average molecular weight is 375 g/mol. The molecule has 0 aromatic heterocycles. The summed E-state index contributed by atoms with van der Waals surface area (Å²) >= 11 is 2.18. The molecule has 0 heterocycles. The lowest BCUT2D eigenvalue weighted by atomic mass is 10.2. The van der Waals surface area contributed by atoms with Gasteiger partial charge in [0.1, 0.15) is 0 Å². The predicted molar refractivity (Wildman–Crippen MR) is 90.3 cm³/mol. The first-order valence-electron chi connectivity index (χ1n) is 6.59. The second-order valence-corrected chi connectivity index (χ2v) is 5.77. The van der Waals surface area contributed by atoms with Crippen LogP contribution in [0, 0.1) is 0 Å². The van der Waals surface area contributed by atoms with Crippen LogP contribution >= 0.6 is 22.6 Å². The van der Waals surface area contributed by atoms with E-state index in [1.54, 1.807) is 0 Å². The number of ketones is 1. The number of Topliss-reactive ketones (excluding diaryl/α,β-unsaturated/α-hetero) is 1. The normalized spacial score (nSPS) is 14.8. The molecule has 2 aromatic rings. The molecule has 20 heavy (non-hydrogen) atoms. The van der Waals surface area contributed by atoms with Crippen LogP contribution in [0.1, 0.15) is 12.8 Å². The zero-order valence-corrected chi connectivity index (χ0v) is 13.1. The summed E-state index contributed by atoms with van der Waals surface area (Å²) in [6.07, 6.45) is 1.42. The molecule has 2 nitrogen and oxygen atoms in total. The molecule has 1 aliphatic rings. The lowest BCUT2D eigenvalue weighted by Gasteiger charge is -2.26. The van der Waals surface area contributed by atoms with Gasteiger partial charge < -0.3 is 4.90 Å². The summed E-state index contributed by atoms with van der Waals surface area (Å²) in [4.78, 5) is 14.0. The summed E-state index contributed by atoms with van der Waals surface area (Å²) < 4.78 is 0.857. The maximum atomic E-state index is 11.9. The highest BCUT2D eigenvalue weighted by Gasteiger charge is 2.26. The van der Waals surface area contributed by atoms with Gasteiger partial charge in [-0.1, -0.05) is 36.4 Å². The molecule has 0 saturated carbocycles. The highest BCUT2D eigenvalue weighted by atomic mass is 127. The minimum atomic E-state index is 0.248. The van der Waals surface area contributed by atoms with Crippen molar-refractivity contribution in [2.45, 2.75) is 12.8 Å². The summed E-state index contributed by atoms with van der Waals surface area (Å²) in [5, 5.41) is 0. The first-order chi connectivity index (χ1) is 9.77. The molecule has 0 unspecified atom stereocenters. The van der Waals surface area contributed by atoms with Crippen molar-refractivity contribution in [3.05, 3.63) is 69.9 Å². The van der Waals surface area contributed by atoms with Crippen molar-refractivity contribution >= 4 is 39.7 Å². The van der Waals surface area contributed by atoms with Gasteiger partial charge in [-0.15, -0.1) is 0 Å². The molecule has 0 atom stereocenters. The van der Waals surface area contributed by atoms with Crippen LogP contribution in [0.4, 0.5) is 11.4 Å². The van der Waals surface area contributed by atoms with Crippen LogP contribution in [-0.2, 0) is 4.79 Å². The quantitative estimate of drug-likeness (QED) is 0.716. The average Bonchev–Trinajstić information content (AvgIpc) is 2.82. The number of benzene rings is 2. The number of carbonyl (C=O) groups is 1. The highest BCUT2D eigenvalue weighted by molar-refractivity contribution is 14.1. The second kappa shape index (κ2) is 5.79. The van der Waals surface area contributed by atoms with Crippen LogP contribution in [0.15, 0.2) is 69.9 Å². The van der Waals surface area contributed by atoms with Crippen LogP contribution in [0.3, 0.4) is 0 Å². The molecule has 0 amide bonds. The summed E-state index contributed by atoms with van der Waals surface area (Å²) in [6.45, 7) is 0. The van der Waals surface area contributed by atoms with E-state index < -0.39 is 0 Å². The van der Waals surface area contributed by atoms with Gasteiger partial charge in [0.15, 0.2) is 5.78 Å². The molecule has 3 heteroatoms. The van der Waals surface area contributed by atoms with Crippen LogP contribution in [0.25, 0.3) is 0 Å². The number of hydrogen-bond donors (Lipinski definition) is 0. The Balaban J connectivity index is 2.13. The smallest absolute Gasteiger partial charge is 0.171 e. The Bertz CT molecular complexity index is 610. The van der Waals surface area contributed by atoms with E-state index in [1.807, 2.05) is 36.4 Å². The van der Waals surface area contributed by atoms with Gasteiger partial charge in [0.05, 0.1) is 3.58 Å². The predicted octanol–water partition coefficient (Wildman–Crippen LogP) is 4.83. The first kappa shape index (κ1) is 13.4. The van der Waals surface area contributed by atoms with Gasteiger partial charge in [0, 0.05) is 23.5 Å². The van der Waals surface area contributed by atoms with Gasteiger partial charge in [-0.3, -0.25) is 4.79 Å². The van der Waals surface area contributed by atoms with E-state index in [4.69, 9.17) is 0 Å². The van der Waals surface area contributed by atoms with Gasteiger partial charge in [-0.25, -0.2) is 0 Å². The fourth-order valence-electron chi connectivity index (χ4n) is 2.44. The topological polar surface area (TPSA) is 20.3 Å². The molecule has 0 spiro atoms. The van der Waals surface area contributed by atoms with E-state index in [1.165, 1.54) is 0 Å². The number of allylic oxidation sites excluding steroid dienone is 2. The van der Waals surface area contributed by atoms with Crippen LogP contribution in [-0.4, -0.2) is 5.78 Å². The Kier molecular flexibility index (Phi) is 3.87. The third-order valence-electron chi connectivity index (χ3n) is 3.39. The Labute approximate surface area is 132 Å². The number of halogens is 1. The molecular formula is C17H14INO. The standard InChI is InChI=1S/C17H14INO/c18-17-15(11-12-16(17)20)19(13-7-3-1-4-8-13)14-9-5-2-6-10-14/h1-10H,11-12H2. The molecule has 100 valence electrons. The zero-order valence-electron chi connectivity index (χ0n) is 10.9. The van der Waals surface area contributed by atoms with Gasteiger partial charge in [-0.2, -0.15) is 0 Å². The molecule has 0 aliphatic heterocycles. The molecular weight excluding hydrogens is 361 g/mol. The van der Waals surface area contributed by atoms with Crippen molar-refractivity contribution in [1.82, 2.24) is 0 Å². The van der Waals surface area contributed by atoms with E-state index in [0.29, 0.717) is 6.42 Å². The summed E-state index contributed by atoms with van der Waals surface area (Å²) in [6, 6.07) is 20.4. The van der Waals surface area contributed by atoms with E-state index in [0.717, 1.165) is 27.1 Å². The van der Waals surface area contributed by atoms with E-state index in [9.17, 15) is 4.79 Å². The van der Waals surface area contributed by atoms with Crippen molar-refractivity contribution in [2.24, 2.45) is 0 Å². The molecule has 0 bridgehead atoms. The second-order valence-electron chi connectivity index (χ2n) is 4.69. The molecule has 1 aliphatic carbocycles. The maximum absolute atomic E-state index is 11.9. The molecule has 0 saturated heterocycles. The lowest BCUT2D eigenvalue weighted by molar-refractivity contribution is -0.114. The largest absolute Gasteiger partial charge is 0.313 e. The van der Waals surface area contributed by atoms with Gasteiger partial charge >= 0.3 is 0 Å². The van der Waals surface area contributed by atoms with Crippen molar-refractivity contribution in [3.63, 3.8) is 0 Å². The van der Waals surface area contributed by atoms with E-state index in [2.05, 4.69) is 51.8 Å². The SMILES string of the molecule is O=C1CCC(N(c2ccccc2)c2ccccc2)=C1I. The van der Waals surface area contributed by atoms with Crippen LogP contribution < -0.4 is 4.90 Å². The maximum Gasteiger partial charge on any atom is 0.171 e. The number of carbonyl (C=O) groups excluding carboxylic acids is 1. The highest BCUT2D eigenvalue weighted by Crippen LogP contribution is 2.38. The van der Waals surface area contributed by atoms with E-state index in [-0.39, 0.29) is 5.78 Å². The molecule has 2 aromatic carbocycles. The molecule has 0 N–H and O–H groups in total. The van der Waals surface area contributed by atoms with E-state index >= 15 is 0 Å². The Morgan fingerprint density at radius 1 is 0.800 bits per heavy atom. The fraction of sp³-hybridized carbons (Fsp3) is 0.118. The third kappa shape index (κ3) is 2.50. The number of nitrogens with zero attached hydrogens (tertiary/aromatic N) is 1. The van der Waals surface area contributed by atoms with Gasteiger partial charge in [-0.05, 0) is 53.3 Å². The molecule has 3 rings (SSSR count). The number of anilines is 2. The molecule has 0 radical (unpaired) electrons. The van der Waals surface area contributed by atoms with Crippen LogP contribution in [0.5, 0.6) is 0 Å². The van der Waals surface area contributed by atoms with Gasteiger partial charge in [0.2, 0.25) is 0 Å². The summed E-state index contributed by atoms with van der Waals surface area (Å²) in [5.41, 5.74) is 3.29.